The number of nitrogens with two attached hydrogens (primary N) is 1. The first-order valence-corrected chi connectivity index (χ1v) is 5.27. The molecular formula is C10H21N3O2. The van der Waals surface area contributed by atoms with E-state index in [1.807, 2.05) is 13.8 Å². The van der Waals surface area contributed by atoms with Crippen LogP contribution in [0.5, 0.6) is 0 Å². The number of carbonyl (C=O) groups excluding carboxylic acids is 1. The fourth-order valence-corrected chi connectivity index (χ4v) is 1.94. The Morgan fingerprint density at radius 3 is 2.87 bits per heavy atom. The highest BCUT2D eigenvalue weighted by atomic mass is 16.5. The van der Waals surface area contributed by atoms with Crippen molar-refractivity contribution in [2.75, 3.05) is 33.2 Å². The summed E-state index contributed by atoms with van der Waals surface area (Å²) >= 11 is 0. The summed E-state index contributed by atoms with van der Waals surface area (Å²) < 4.78 is 5.77. The summed E-state index contributed by atoms with van der Waals surface area (Å²) in [6.45, 7) is 6.44. The molecule has 1 amide bonds. The molecule has 1 atom stereocenters. The van der Waals surface area contributed by atoms with Crippen molar-refractivity contribution in [2.24, 2.45) is 5.73 Å². The number of hydrogen-bond donors (Lipinski definition) is 2. The number of nitrogens with zero attached hydrogens (tertiary/aromatic N) is 1. The van der Waals surface area contributed by atoms with Crippen molar-refractivity contribution < 1.29 is 9.53 Å². The lowest BCUT2D eigenvalue weighted by molar-refractivity contribution is -0.141. The van der Waals surface area contributed by atoms with Crippen LogP contribution in [-0.2, 0) is 9.53 Å². The Kier molecular flexibility index (Phi) is 4.07. The molecule has 1 saturated heterocycles. The van der Waals surface area contributed by atoms with Crippen LogP contribution in [0, 0.1) is 0 Å². The van der Waals surface area contributed by atoms with E-state index in [0.29, 0.717) is 13.1 Å². The number of carbonyl (C=O) groups is 1. The van der Waals surface area contributed by atoms with Crippen LogP contribution >= 0.6 is 0 Å². The Balaban J connectivity index is 2.54. The lowest BCUT2D eigenvalue weighted by Crippen LogP contribution is -2.56. The summed E-state index contributed by atoms with van der Waals surface area (Å²) in [6.07, 6.45) is 0.0263. The third kappa shape index (κ3) is 3.77. The van der Waals surface area contributed by atoms with Gasteiger partial charge in [-0.15, -0.1) is 0 Å². The van der Waals surface area contributed by atoms with E-state index in [4.69, 9.17) is 10.5 Å². The highest BCUT2D eigenvalue weighted by Gasteiger charge is 2.33. The maximum absolute atomic E-state index is 11.3. The van der Waals surface area contributed by atoms with Crippen LogP contribution < -0.4 is 11.1 Å². The molecule has 15 heavy (non-hydrogen) atoms. The van der Waals surface area contributed by atoms with Crippen molar-refractivity contribution in [3.05, 3.63) is 0 Å². The van der Waals surface area contributed by atoms with E-state index >= 15 is 0 Å². The zero-order valence-electron chi connectivity index (χ0n) is 9.75. The van der Waals surface area contributed by atoms with Crippen LogP contribution in [0.3, 0.4) is 0 Å². The average Bonchev–Trinajstić information content (AvgIpc) is 2.15. The van der Waals surface area contributed by atoms with E-state index in [2.05, 4.69) is 10.2 Å². The second-order valence-electron chi connectivity index (χ2n) is 4.58. The first-order chi connectivity index (χ1) is 6.96. The van der Waals surface area contributed by atoms with Crippen molar-refractivity contribution in [3.8, 4) is 0 Å². The number of likely N-dealkylation sites (N-methyl/N-ethyl adjacent to an activating group) is 1. The maximum atomic E-state index is 11.3. The Bertz CT molecular complexity index is 231. The minimum Gasteiger partial charge on any atom is -0.368 e. The zero-order chi connectivity index (χ0) is 11.5. The molecule has 5 heteroatoms. The molecule has 0 aromatic heterocycles. The first kappa shape index (κ1) is 12.4. The van der Waals surface area contributed by atoms with E-state index < -0.39 is 0 Å². The second kappa shape index (κ2) is 4.92. The van der Waals surface area contributed by atoms with Gasteiger partial charge in [0.2, 0.25) is 5.91 Å². The molecule has 5 nitrogen and oxygen atoms in total. The molecule has 0 bridgehead atoms. The maximum Gasteiger partial charge on any atom is 0.233 e. The molecule has 1 fully saturated rings. The van der Waals surface area contributed by atoms with Gasteiger partial charge in [-0.2, -0.15) is 0 Å². The van der Waals surface area contributed by atoms with E-state index in [9.17, 15) is 4.79 Å². The molecule has 1 unspecified atom stereocenters. The lowest BCUT2D eigenvalue weighted by Gasteiger charge is -2.42. The number of rotatable bonds is 3. The van der Waals surface area contributed by atoms with Gasteiger partial charge >= 0.3 is 0 Å². The molecular weight excluding hydrogens is 194 g/mol. The van der Waals surface area contributed by atoms with Crippen molar-refractivity contribution in [1.29, 1.82) is 0 Å². The third-order valence-electron chi connectivity index (χ3n) is 2.46. The fourth-order valence-electron chi connectivity index (χ4n) is 1.94. The Morgan fingerprint density at radius 2 is 2.33 bits per heavy atom. The Hall–Kier alpha value is -0.650. The van der Waals surface area contributed by atoms with Crippen molar-refractivity contribution in [3.63, 3.8) is 0 Å². The third-order valence-corrected chi connectivity index (χ3v) is 2.46. The largest absolute Gasteiger partial charge is 0.368 e. The predicted molar refractivity (Wildman–Crippen MR) is 58.5 cm³/mol. The molecule has 88 valence electrons. The second-order valence-corrected chi connectivity index (χ2v) is 4.58. The minimum atomic E-state index is -0.226. The lowest BCUT2D eigenvalue weighted by atomic mass is 10.1. The molecule has 0 spiro atoms. The van der Waals surface area contributed by atoms with Crippen molar-refractivity contribution >= 4 is 5.91 Å². The van der Waals surface area contributed by atoms with Gasteiger partial charge in [0.25, 0.3) is 0 Å². The topological polar surface area (TPSA) is 67.6 Å². The molecule has 0 aliphatic carbocycles. The summed E-state index contributed by atoms with van der Waals surface area (Å²) in [6, 6.07) is 0. The zero-order valence-corrected chi connectivity index (χ0v) is 9.75. The summed E-state index contributed by atoms with van der Waals surface area (Å²) in [5.74, 6) is 0.0310. The van der Waals surface area contributed by atoms with Crippen molar-refractivity contribution in [1.82, 2.24) is 10.2 Å². The molecule has 1 aliphatic rings. The molecule has 0 saturated carbocycles. The molecule has 3 N–H and O–H groups in total. The smallest absolute Gasteiger partial charge is 0.233 e. The normalized spacial score (nSPS) is 26.3. The molecule has 0 aromatic rings. The fraction of sp³-hybridized carbons (Fsp3) is 0.900. The Morgan fingerprint density at radius 1 is 1.67 bits per heavy atom. The van der Waals surface area contributed by atoms with Crippen LogP contribution in [-0.4, -0.2) is 55.7 Å². The van der Waals surface area contributed by atoms with E-state index in [1.54, 1.807) is 7.05 Å². The summed E-state index contributed by atoms with van der Waals surface area (Å²) in [7, 11) is 1.65. The average molecular weight is 215 g/mol. The highest BCUT2D eigenvalue weighted by Crippen LogP contribution is 2.20. The van der Waals surface area contributed by atoms with Gasteiger partial charge in [-0.1, -0.05) is 0 Å². The quantitative estimate of drug-likeness (QED) is 0.645. The van der Waals surface area contributed by atoms with E-state index in [-0.39, 0.29) is 17.6 Å². The summed E-state index contributed by atoms with van der Waals surface area (Å²) in [5.41, 5.74) is 5.37. The summed E-state index contributed by atoms with van der Waals surface area (Å²) in [5, 5.41) is 2.62. The molecule has 0 aromatic carbocycles. The van der Waals surface area contributed by atoms with Crippen LogP contribution in [0.25, 0.3) is 0 Å². The number of nitrogens with one attached hydrogen (secondary N) is 1. The Labute approximate surface area is 90.9 Å². The number of ether oxygens (including phenoxy) is 1. The number of morpholine rings is 1. The SMILES string of the molecule is CNC(=O)CN1CC(CN)OC(C)(C)C1. The van der Waals surface area contributed by atoms with Gasteiger partial charge in [0.1, 0.15) is 0 Å². The van der Waals surface area contributed by atoms with Gasteiger partial charge in [0.15, 0.2) is 0 Å². The summed E-state index contributed by atoms with van der Waals surface area (Å²) in [4.78, 5) is 13.3. The van der Waals surface area contributed by atoms with Gasteiger partial charge in [-0.3, -0.25) is 9.69 Å². The van der Waals surface area contributed by atoms with Crippen LogP contribution in [0.1, 0.15) is 13.8 Å². The van der Waals surface area contributed by atoms with E-state index in [0.717, 1.165) is 13.1 Å². The minimum absolute atomic E-state index is 0.0263. The molecule has 1 aliphatic heterocycles. The number of amides is 1. The number of hydrogen-bond acceptors (Lipinski definition) is 4. The van der Waals surface area contributed by atoms with E-state index in [1.165, 1.54) is 0 Å². The van der Waals surface area contributed by atoms with Crippen molar-refractivity contribution in [2.45, 2.75) is 25.6 Å². The van der Waals surface area contributed by atoms with Gasteiger partial charge < -0.3 is 15.8 Å². The first-order valence-electron chi connectivity index (χ1n) is 5.27. The highest BCUT2D eigenvalue weighted by molar-refractivity contribution is 5.77. The standard InChI is InChI=1S/C10H21N3O2/c1-10(2)7-13(6-9(14)12-3)5-8(4-11)15-10/h8H,4-7,11H2,1-3H3,(H,12,14). The monoisotopic (exact) mass is 215 g/mol. The predicted octanol–water partition coefficient (Wildman–Crippen LogP) is -0.829. The van der Waals surface area contributed by atoms with Gasteiger partial charge in [-0.25, -0.2) is 0 Å². The molecule has 1 rings (SSSR count). The van der Waals surface area contributed by atoms with Crippen LogP contribution in [0.15, 0.2) is 0 Å². The molecule has 1 heterocycles. The molecule has 0 radical (unpaired) electrons. The van der Waals surface area contributed by atoms with Crippen LogP contribution in [0.2, 0.25) is 0 Å². The van der Waals surface area contributed by atoms with Gasteiger partial charge in [0.05, 0.1) is 18.2 Å². The van der Waals surface area contributed by atoms with Gasteiger partial charge in [0, 0.05) is 26.7 Å². The van der Waals surface area contributed by atoms with Crippen LogP contribution in [0.4, 0.5) is 0 Å². The van der Waals surface area contributed by atoms with Gasteiger partial charge in [-0.05, 0) is 13.8 Å².